The van der Waals surface area contributed by atoms with Crippen molar-refractivity contribution in [2.24, 2.45) is 7.05 Å². The number of halogens is 1. The van der Waals surface area contributed by atoms with Gasteiger partial charge in [-0.3, -0.25) is 0 Å². The largest absolute Gasteiger partial charge is 0.316 e. The molecule has 2 rings (SSSR count). The van der Waals surface area contributed by atoms with Gasteiger partial charge < -0.3 is 5.32 Å². The molecule has 1 aromatic heterocycles. The molecule has 1 heterocycles. The summed E-state index contributed by atoms with van der Waals surface area (Å²) in [5.74, 6) is 0. The van der Waals surface area contributed by atoms with Crippen LogP contribution >= 0.6 is 23.4 Å². The number of nitrogens with zero attached hydrogens (tertiary/aromatic N) is 4. The lowest BCUT2D eigenvalue weighted by molar-refractivity contribution is 0.664. The molecule has 0 saturated carbocycles. The highest BCUT2D eigenvalue weighted by molar-refractivity contribution is 7.99. The van der Waals surface area contributed by atoms with Crippen molar-refractivity contribution in [3.05, 3.63) is 28.8 Å². The summed E-state index contributed by atoms with van der Waals surface area (Å²) in [5, 5.41) is 15.9. The second-order valence-electron chi connectivity index (χ2n) is 3.43. The predicted octanol–water partition coefficient (Wildman–Crippen LogP) is 1.73. The lowest BCUT2D eigenvalue weighted by Crippen LogP contribution is -2.07. The van der Waals surface area contributed by atoms with Gasteiger partial charge in [0.25, 0.3) is 0 Å². The van der Waals surface area contributed by atoms with Gasteiger partial charge in [-0.1, -0.05) is 17.7 Å². The second-order valence-corrected chi connectivity index (χ2v) is 4.85. The first-order valence-electron chi connectivity index (χ1n) is 5.04. The number of benzene rings is 1. The maximum absolute atomic E-state index is 6.18. The van der Waals surface area contributed by atoms with Crippen LogP contribution in [0.4, 0.5) is 0 Å². The Morgan fingerprint density at radius 1 is 1.47 bits per heavy atom. The maximum atomic E-state index is 6.18. The van der Waals surface area contributed by atoms with Crippen molar-refractivity contribution in [1.82, 2.24) is 25.5 Å². The molecule has 0 bridgehead atoms. The molecule has 0 spiro atoms. The van der Waals surface area contributed by atoms with Crippen LogP contribution in [0.25, 0.3) is 0 Å². The zero-order valence-corrected chi connectivity index (χ0v) is 11.1. The van der Waals surface area contributed by atoms with Crippen LogP contribution < -0.4 is 5.32 Å². The molecule has 0 fully saturated rings. The minimum absolute atomic E-state index is 0.716. The number of aromatic nitrogens is 4. The summed E-state index contributed by atoms with van der Waals surface area (Å²) < 4.78 is 1.63. The molecule has 0 atom stereocenters. The molecule has 1 N–H and O–H groups in total. The van der Waals surface area contributed by atoms with E-state index >= 15 is 0 Å². The molecule has 7 heteroatoms. The molecule has 2 aromatic rings. The number of hydrogen-bond acceptors (Lipinski definition) is 5. The Hall–Kier alpha value is -1.11. The SMILES string of the molecule is CNCc1c(Cl)cccc1Sc1nnnn1C. The molecular formula is C10H12ClN5S. The van der Waals surface area contributed by atoms with Gasteiger partial charge in [0, 0.05) is 23.5 Å². The van der Waals surface area contributed by atoms with Gasteiger partial charge in [-0.25, -0.2) is 4.68 Å². The van der Waals surface area contributed by atoms with Crippen molar-refractivity contribution >= 4 is 23.4 Å². The van der Waals surface area contributed by atoms with Crippen molar-refractivity contribution in [2.45, 2.75) is 16.6 Å². The van der Waals surface area contributed by atoms with Gasteiger partial charge in [-0.15, -0.1) is 5.10 Å². The van der Waals surface area contributed by atoms with Gasteiger partial charge in [0.2, 0.25) is 5.16 Å². The van der Waals surface area contributed by atoms with Crippen molar-refractivity contribution in [1.29, 1.82) is 0 Å². The Morgan fingerprint density at radius 3 is 2.94 bits per heavy atom. The molecule has 0 radical (unpaired) electrons. The Kier molecular flexibility index (Phi) is 3.98. The number of rotatable bonds is 4. The maximum Gasteiger partial charge on any atom is 0.213 e. The summed E-state index contributed by atoms with van der Waals surface area (Å²) >= 11 is 7.68. The lowest BCUT2D eigenvalue weighted by atomic mass is 10.2. The van der Waals surface area contributed by atoms with Gasteiger partial charge in [0.15, 0.2) is 0 Å². The Labute approximate surface area is 109 Å². The highest BCUT2D eigenvalue weighted by Crippen LogP contribution is 2.32. The van der Waals surface area contributed by atoms with Gasteiger partial charge >= 0.3 is 0 Å². The van der Waals surface area contributed by atoms with Crippen LogP contribution in [0.5, 0.6) is 0 Å². The monoisotopic (exact) mass is 269 g/mol. The molecular weight excluding hydrogens is 258 g/mol. The highest BCUT2D eigenvalue weighted by Gasteiger charge is 2.11. The number of nitrogens with one attached hydrogen (secondary N) is 1. The average Bonchev–Trinajstić information content (AvgIpc) is 2.70. The van der Waals surface area contributed by atoms with E-state index in [-0.39, 0.29) is 0 Å². The predicted molar refractivity (Wildman–Crippen MR) is 67.1 cm³/mol. The van der Waals surface area contributed by atoms with Crippen LogP contribution in [0.3, 0.4) is 0 Å². The molecule has 0 aliphatic rings. The van der Waals surface area contributed by atoms with E-state index in [9.17, 15) is 0 Å². The molecule has 90 valence electrons. The molecule has 0 saturated heterocycles. The van der Waals surface area contributed by atoms with Crippen LogP contribution in [0, 0.1) is 0 Å². The molecule has 0 aliphatic heterocycles. The smallest absolute Gasteiger partial charge is 0.213 e. The fourth-order valence-corrected chi connectivity index (χ4v) is 2.58. The van der Waals surface area contributed by atoms with E-state index in [0.29, 0.717) is 6.54 Å². The van der Waals surface area contributed by atoms with Crippen LogP contribution in [-0.4, -0.2) is 27.3 Å². The summed E-state index contributed by atoms with van der Waals surface area (Å²) in [7, 11) is 3.70. The first-order valence-corrected chi connectivity index (χ1v) is 6.24. The molecule has 1 aromatic carbocycles. The van der Waals surface area contributed by atoms with E-state index < -0.39 is 0 Å². The van der Waals surface area contributed by atoms with Gasteiger partial charge in [0.05, 0.1) is 0 Å². The van der Waals surface area contributed by atoms with Crippen molar-refractivity contribution in [2.75, 3.05) is 7.05 Å². The van der Waals surface area contributed by atoms with Crippen molar-refractivity contribution < 1.29 is 0 Å². The van der Waals surface area contributed by atoms with E-state index in [1.54, 1.807) is 4.68 Å². The highest BCUT2D eigenvalue weighted by atomic mass is 35.5. The van der Waals surface area contributed by atoms with Crippen LogP contribution in [0.15, 0.2) is 28.3 Å². The summed E-state index contributed by atoms with van der Waals surface area (Å²) in [6, 6.07) is 5.82. The Morgan fingerprint density at radius 2 is 2.29 bits per heavy atom. The summed E-state index contributed by atoms with van der Waals surface area (Å²) in [4.78, 5) is 1.06. The summed E-state index contributed by atoms with van der Waals surface area (Å²) in [6.45, 7) is 0.716. The van der Waals surface area contributed by atoms with Gasteiger partial charge in [0.1, 0.15) is 0 Å². The second kappa shape index (κ2) is 5.48. The summed E-state index contributed by atoms with van der Waals surface area (Å²) in [6.07, 6.45) is 0. The van der Waals surface area contributed by atoms with Crippen molar-refractivity contribution in [3.8, 4) is 0 Å². The zero-order valence-electron chi connectivity index (χ0n) is 9.51. The third kappa shape index (κ3) is 2.77. The molecule has 0 aliphatic carbocycles. The van der Waals surface area contributed by atoms with Crippen LogP contribution in [0.2, 0.25) is 5.02 Å². The lowest BCUT2D eigenvalue weighted by Gasteiger charge is -2.09. The first-order chi connectivity index (χ1) is 8.22. The third-order valence-electron chi connectivity index (χ3n) is 2.21. The normalized spacial score (nSPS) is 10.8. The Balaban J connectivity index is 2.32. The van der Waals surface area contributed by atoms with Crippen molar-refractivity contribution in [3.63, 3.8) is 0 Å². The average molecular weight is 270 g/mol. The number of aryl methyl sites for hydroxylation is 1. The first kappa shape index (κ1) is 12.3. The number of hydrogen-bond donors (Lipinski definition) is 1. The van der Waals surface area contributed by atoms with E-state index in [0.717, 1.165) is 20.6 Å². The zero-order chi connectivity index (χ0) is 12.3. The molecule has 5 nitrogen and oxygen atoms in total. The standard InChI is InChI=1S/C10H12ClN5S/c1-12-6-7-8(11)4-3-5-9(7)17-10-13-14-15-16(10)2/h3-5,12H,6H2,1-2H3. The van der Waals surface area contributed by atoms with E-state index in [2.05, 4.69) is 20.8 Å². The molecule has 0 amide bonds. The van der Waals surface area contributed by atoms with E-state index in [1.165, 1.54) is 11.8 Å². The van der Waals surface area contributed by atoms with E-state index in [1.807, 2.05) is 32.3 Å². The fourth-order valence-electron chi connectivity index (χ4n) is 1.39. The quantitative estimate of drug-likeness (QED) is 0.916. The summed E-state index contributed by atoms with van der Waals surface area (Å²) in [5.41, 5.74) is 1.06. The van der Waals surface area contributed by atoms with Crippen LogP contribution in [-0.2, 0) is 13.6 Å². The minimum Gasteiger partial charge on any atom is -0.316 e. The van der Waals surface area contributed by atoms with Gasteiger partial charge in [-0.05, 0) is 46.9 Å². The topological polar surface area (TPSA) is 55.6 Å². The minimum atomic E-state index is 0.716. The van der Waals surface area contributed by atoms with E-state index in [4.69, 9.17) is 11.6 Å². The van der Waals surface area contributed by atoms with Crippen LogP contribution in [0.1, 0.15) is 5.56 Å². The molecule has 0 unspecified atom stereocenters. The van der Waals surface area contributed by atoms with Gasteiger partial charge in [-0.2, -0.15) is 0 Å². The fraction of sp³-hybridized carbons (Fsp3) is 0.300. The molecule has 17 heavy (non-hydrogen) atoms. The third-order valence-corrected chi connectivity index (χ3v) is 3.70. The Bertz CT molecular complexity index is 513. The number of tetrazole rings is 1.